The van der Waals surface area contributed by atoms with E-state index in [1.165, 1.54) is 0 Å². The van der Waals surface area contributed by atoms with Crippen LogP contribution in [0.3, 0.4) is 0 Å². The highest BCUT2D eigenvalue weighted by atomic mass is 32.2. The maximum Gasteiger partial charge on any atom is 0.340 e. The molecule has 11 heteroatoms. The molecule has 0 radical (unpaired) electrons. The molecular weight excluding hydrogens is 542 g/mol. The van der Waals surface area contributed by atoms with E-state index in [1.807, 2.05) is 47.6 Å². The van der Waals surface area contributed by atoms with Crippen molar-refractivity contribution in [1.82, 2.24) is 15.0 Å². The van der Waals surface area contributed by atoms with Gasteiger partial charge in [-0.2, -0.15) is 0 Å². The van der Waals surface area contributed by atoms with Crippen LogP contribution in [0.2, 0.25) is 0 Å². The summed E-state index contributed by atoms with van der Waals surface area (Å²) in [5, 5.41) is 4.23. The Morgan fingerprint density at radius 3 is 2.51 bits per heavy atom. The largest absolute Gasteiger partial charge is 0.474 e. The second-order valence-electron chi connectivity index (χ2n) is 11.8. The summed E-state index contributed by atoms with van der Waals surface area (Å²) in [6.07, 6.45) is 4.02. The molecule has 222 valence electrons. The van der Waals surface area contributed by atoms with Crippen molar-refractivity contribution >= 4 is 38.2 Å². The number of pyridine rings is 3. The molecule has 0 spiro atoms. The summed E-state index contributed by atoms with van der Waals surface area (Å²) in [5.41, 5.74) is 7.30. The molecule has 0 amide bonds. The minimum absolute atomic E-state index is 0.0857. The first-order valence-electron chi connectivity index (χ1n) is 14.1. The summed E-state index contributed by atoms with van der Waals surface area (Å²) in [4.78, 5) is 26.4. The number of cyclic esters (lactones) is 1. The van der Waals surface area contributed by atoms with Crippen LogP contribution in [-0.4, -0.2) is 52.0 Å². The molecule has 0 bridgehead atoms. The molecule has 41 heavy (non-hydrogen) atoms. The number of esters is 1. The van der Waals surface area contributed by atoms with Crippen molar-refractivity contribution in [3.05, 3.63) is 47.4 Å². The maximum atomic E-state index is 12.5. The number of fused-ring (bicyclic) bond motifs is 2. The second-order valence-corrected chi connectivity index (χ2v) is 14.5. The minimum Gasteiger partial charge on any atom is -0.474 e. The Kier molecular flexibility index (Phi) is 8.35. The second kappa shape index (κ2) is 11.2. The standard InChI is InChI=1S/C30H41N5O5S/c1-9-30(8,31)23-16-33-27(39-17(3)13-18(4)41(37,38)10-2)22-15-32-25(14-21(22)23)34-24-12-11-20-26(35-24)19(5)29(6,7)40-28(20)36/h11-12,14-19H,9-10,13,31H2,1-8H3,(H,32,34,35)/t17-,18-,19-,30?/m1/s1. The van der Waals surface area contributed by atoms with Gasteiger partial charge in [-0.25, -0.2) is 28.2 Å². The Morgan fingerprint density at radius 1 is 1.15 bits per heavy atom. The number of ether oxygens (including phenoxy) is 2. The summed E-state index contributed by atoms with van der Waals surface area (Å²) >= 11 is 0. The Hall–Kier alpha value is -3.31. The molecule has 0 saturated carbocycles. The van der Waals surface area contributed by atoms with E-state index in [0.717, 1.165) is 10.9 Å². The number of rotatable bonds is 10. The topological polar surface area (TPSA) is 146 Å². The average Bonchev–Trinajstić information content (AvgIpc) is 2.91. The summed E-state index contributed by atoms with van der Waals surface area (Å²) in [5.74, 6) is 1.06. The lowest BCUT2D eigenvalue weighted by Gasteiger charge is -2.36. The summed E-state index contributed by atoms with van der Waals surface area (Å²) in [6, 6.07) is 5.33. The lowest BCUT2D eigenvalue weighted by molar-refractivity contribution is -0.0189. The molecule has 3 aromatic rings. The minimum atomic E-state index is -3.18. The van der Waals surface area contributed by atoms with Crippen LogP contribution >= 0.6 is 0 Å². The van der Waals surface area contributed by atoms with Crippen molar-refractivity contribution in [3.63, 3.8) is 0 Å². The van der Waals surface area contributed by atoms with Gasteiger partial charge >= 0.3 is 5.97 Å². The van der Waals surface area contributed by atoms with Crippen LogP contribution in [0.4, 0.5) is 11.6 Å². The molecule has 4 heterocycles. The first-order chi connectivity index (χ1) is 19.1. The van der Waals surface area contributed by atoms with Crippen LogP contribution in [0, 0.1) is 0 Å². The van der Waals surface area contributed by atoms with E-state index in [1.54, 1.807) is 38.4 Å². The third-order valence-electron chi connectivity index (χ3n) is 8.29. The van der Waals surface area contributed by atoms with Gasteiger partial charge in [-0.15, -0.1) is 0 Å². The first kappa shape index (κ1) is 30.6. The molecule has 1 unspecified atom stereocenters. The van der Waals surface area contributed by atoms with E-state index in [2.05, 4.69) is 15.3 Å². The SMILES string of the molecule is CCC(C)(N)c1cnc(O[C@H](C)C[C@@H](C)S(=O)(=O)CC)c2cnc(Nc3ccc4c(n3)[C@@H](C)C(C)(C)OC4=O)cc12. The number of nitrogens with zero attached hydrogens (tertiary/aromatic N) is 3. The highest BCUT2D eigenvalue weighted by Gasteiger charge is 2.40. The Morgan fingerprint density at radius 2 is 1.85 bits per heavy atom. The quantitative estimate of drug-likeness (QED) is 0.298. The highest BCUT2D eigenvalue weighted by molar-refractivity contribution is 7.91. The van der Waals surface area contributed by atoms with Gasteiger partial charge in [-0.1, -0.05) is 20.8 Å². The number of nitrogens with two attached hydrogens (primary N) is 1. The lowest BCUT2D eigenvalue weighted by Crippen LogP contribution is -2.39. The van der Waals surface area contributed by atoms with Crippen molar-refractivity contribution < 1.29 is 22.7 Å². The van der Waals surface area contributed by atoms with Crippen LogP contribution < -0.4 is 15.8 Å². The zero-order valence-corrected chi connectivity index (χ0v) is 25.9. The van der Waals surface area contributed by atoms with Crippen LogP contribution in [-0.2, 0) is 20.1 Å². The van der Waals surface area contributed by atoms with Crippen molar-refractivity contribution in [3.8, 4) is 5.88 Å². The van der Waals surface area contributed by atoms with Crippen molar-refractivity contribution in [2.75, 3.05) is 11.1 Å². The van der Waals surface area contributed by atoms with Gasteiger partial charge in [0.25, 0.3) is 0 Å². The van der Waals surface area contributed by atoms with Crippen LogP contribution in [0.1, 0.15) is 95.8 Å². The third-order valence-corrected chi connectivity index (χ3v) is 10.5. The Bertz CT molecular complexity index is 1570. The molecule has 0 aliphatic carbocycles. The molecule has 4 rings (SSSR count). The molecular formula is C30H41N5O5S. The van der Waals surface area contributed by atoms with Crippen molar-refractivity contribution in [1.29, 1.82) is 0 Å². The number of hydrogen-bond donors (Lipinski definition) is 2. The zero-order chi connectivity index (χ0) is 30.3. The van der Waals surface area contributed by atoms with Crippen LogP contribution in [0.5, 0.6) is 5.88 Å². The van der Waals surface area contributed by atoms with E-state index in [-0.39, 0.29) is 17.6 Å². The van der Waals surface area contributed by atoms with Gasteiger partial charge in [0.2, 0.25) is 5.88 Å². The number of aromatic nitrogens is 3. The number of anilines is 2. The van der Waals surface area contributed by atoms with Gasteiger partial charge in [-0.3, -0.25) is 0 Å². The first-order valence-corrected chi connectivity index (χ1v) is 15.8. The van der Waals surface area contributed by atoms with Crippen molar-refractivity contribution in [2.45, 2.75) is 96.6 Å². The monoisotopic (exact) mass is 583 g/mol. The van der Waals surface area contributed by atoms with Crippen LogP contribution in [0.25, 0.3) is 10.8 Å². The van der Waals surface area contributed by atoms with Gasteiger partial charge in [0.1, 0.15) is 17.2 Å². The van der Waals surface area contributed by atoms with Gasteiger partial charge in [0.05, 0.1) is 28.0 Å². The molecule has 0 fully saturated rings. The van der Waals surface area contributed by atoms with Crippen molar-refractivity contribution in [2.24, 2.45) is 5.73 Å². The molecule has 10 nitrogen and oxygen atoms in total. The van der Waals surface area contributed by atoms with Gasteiger partial charge in [-0.05, 0) is 70.2 Å². The van der Waals surface area contributed by atoms with E-state index < -0.39 is 32.3 Å². The number of carbonyl (C=O) groups excluding carboxylic acids is 1. The van der Waals surface area contributed by atoms with Gasteiger partial charge in [0.15, 0.2) is 9.84 Å². The van der Waals surface area contributed by atoms with Gasteiger partial charge < -0.3 is 20.5 Å². The summed E-state index contributed by atoms with van der Waals surface area (Å²) in [7, 11) is -3.18. The zero-order valence-electron chi connectivity index (χ0n) is 25.1. The van der Waals surface area contributed by atoms with Crippen LogP contribution in [0.15, 0.2) is 30.6 Å². The third kappa shape index (κ3) is 6.16. The van der Waals surface area contributed by atoms with Gasteiger partial charge in [0, 0.05) is 36.0 Å². The number of carbonyl (C=O) groups is 1. The Labute approximate surface area is 242 Å². The average molecular weight is 584 g/mol. The molecule has 3 N–H and O–H groups in total. The number of hydrogen-bond acceptors (Lipinski definition) is 10. The lowest BCUT2D eigenvalue weighted by atomic mass is 9.84. The number of nitrogens with one attached hydrogen (secondary N) is 1. The molecule has 1 aliphatic rings. The fourth-order valence-electron chi connectivity index (χ4n) is 4.95. The van der Waals surface area contributed by atoms with E-state index in [0.29, 0.717) is 47.0 Å². The fourth-order valence-corrected chi connectivity index (χ4v) is 6.08. The predicted octanol–water partition coefficient (Wildman–Crippen LogP) is 5.39. The normalized spacial score (nSPS) is 19.5. The molecule has 0 saturated heterocycles. The maximum absolute atomic E-state index is 12.5. The molecule has 1 aliphatic heterocycles. The highest BCUT2D eigenvalue weighted by Crippen LogP contribution is 2.38. The molecule has 3 aromatic heterocycles. The predicted molar refractivity (Wildman–Crippen MR) is 160 cm³/mol. The van der Waals surface area contributed by atoms with E-state index in [4.69, 9.17) is 20.2 Å². The Balaban J connectivity index is 1.70. The molecule has 0 aromatic carbocycles. The number of sulfone groups is 1. The fraction of sp³-hybridized carbons (Fsp3) is 0.533. The summed E-state index contributed by atoms with van der Waals surface area (Å²) < 4.78 is 36.3. The summed E-state index contributed by atoms with van der Waals surface area (Å²) in [6.45, 7) is 14.9. The van der Waals surface area contributed by atoms with E-state index in [9.17, 15) is 13.2 Å². The van der Waals surface area contributed by atoms with E-state index >= 15 is 0 Å². The molecule has 4 atom stereocenters. The smallest absolute Gasteiger partial charge is 0.340 e.